The third-order valence-electron chi connectivity index (χ3n) is 4.61. The van der Waals surface area contributed by atoms with Gasteiger partial charge in [0.2, 0.25) is 0 Å². The fourth-order valence-electron chi connectivity index (χ4n) is 3.51. The van der Waals surface area contributed by atoms with Gasteiger partial charge in [-0.25, -0.2) is 4.39 Å². The standard InChI is InChI=1S/C22H16FN3.ClH/c1-15-21-19(23)8-3-9-20(21)26(22(15)18-7-4-10-25-13-18)14-17-6-2-5-16(11-17)12-24;/h2-11,13H,14H2,1H3;1H. The van der Waals surface area contributed by atoms with E-state index in [9.17, 15) is 4.39 Å². The van der Waals surface area contributed by atoms with Crippen LogP contribution in [0.15, 0.2) is 67.0 Å². The summed E-state index contributed by atoms with van der Waals surface area (Å²) < 4.78 is 16.6. The van der Waals surface area contributed by atoms with Gasteiger partial charge in [-0.1, -0.05) is 18.2 Å². The molecule has 0 saturated carbocycles. The van der Waals surface area contributed by atoms with Crippen LogP contribution in [-0.2, 0) is 6.54 Å². The number of nitriles is 1. The average Bonchev–Trinajstić information content (AvgIpc) is 2.95. The summed E-state index contributed by atoms with van der Waals surface area (Å²) in [4.78, 5) is 4.22. The first-order valence-electron chi connectivity index (χ1n) is 8.36. The van der Waals surface area contributed by atoms with Crippen molar-refractivity contribution in [3.63, 3.8) is 0 Å². The van der Waals surface area contributed by atoms with E-state index in [-0.39, 0.29) is 18.2 Å². The minimum atomic E-state index is -0.227. The molecule has 27 heavy (non-hydrogen) atoms. The highest BCUT2D eigenvalue weighted by atomic mass is 35.5. The fourth-order valence-corrected chi connectivity index (χ4v) is 3.51. The number of aromatic nitrogens is 2. The summed E-state index contributed by atoms with van der Waals surface area (Å²) in [6.07, 6.45) is 3.52. The Morgan fingerprint density at radius 3 is 2.67 bits per heavy atom. The van der Waals surface area contributed by atoms with Crippen LogP contribution in [0.5, 0.6) is 0 Å². The van der Waals surface area contributed by atoms with Gasteiger partial charge in [0.25, 0.3) is 0 Å². The van der Waals surface area contributed by atoms with Crippen LogP contribution >= 0.6 is 12.4 Å². The summed E-state index contributed by atoms with van der Waals surface area (Å²) in [6.45, 7) is 2.49. The van der Waals surface area contributed by atoms with Crippen LogP contribution in [0.2, 0.25) is 0 Å². The predicted molar refractivity (Wildman–Crippen MR) is 107 cm³/mol. The Morgan fingerprint density at radius 2 is 1.93 bits per heavy atom. The quantitative estimate of drug-likeness (QED) is 0.473. The van der Waals surface area contributed by atoms with Crippen molar-refractivity contribution in [1.82, 2.24) is 9.55 Å². The predicted octanol–water partition coefficient (Wildman–Crippen LogP) is 5.49. The minimum absolute atomic E-state index is 0. The van der Waals surface area contributed by atoms with Crippen LogP contribution in [0, 0.1) is 24.1 Å². The van der Waals surface area contributed by atoms with Crippen molar-refractivity contribution < 1.29 is 4.39 Å². The molecular formula is C22H17ClFN3. The van der Waals surface area contributed by atoms with Gasteiger partial charge in [0.1, 0.15) is 5.82 Å². The molecule has 0 radical (unpaired) electrons. The van der Waals surface area contributed by atoms with E-state index in [0.717, 1.165) is 27.9 Å². The molecule has 0 unspecified atom stereocenters. The lowest BCUT2D eigenvalue weighted by atomic mass is 10.1. The van der Waals surface area contributed by atoms with Crippen molar-refractivity contribution in [3.8, 4) is 17.3 Å². The topological polar surface area (TPSA) is 41.6 Å². The smallest absolute Gasteiger partial charge is 0.132 e. The number of benzene rings is 2. The lowest BCUT2D eigenvalue weighted by molar-refractivity contribution is 0.639. The molecule has 0 amide bonds. The molecule has 0 spiro atoms. The second kappa shape index (κ2) is 7.61. The van der Waals surface area contributed by atoms with Crippen molar-refractivity contribution in [1.29, 1.82) is 5.26 Å². The van der Waals surface area contributed by atoms with Gasteiger partial charge in [-0.05, 0) is 54.4 Å². The summed E-state index contributed by atoms with van der Waals surface area (Å²) in [7, 11) is 0. The summed E-state index contributed by atoms with van der Waals surface area (Å²) in [5.74, 6) is -0.227. The van der Waals surface area contributed by atoms with Crippen LogP contribution in [0.1, 0.15) is 16.7 Å². The number of hydrogen-bond acceptors (Lipinski definition) is 2. The van der Waals surface area contributed by atoms with E-state index in [1.54, 1.807) is 24.5 Å². The molecule has 5 heteroatoms. The van der Waals surface area contributed by atoms with Crippen LogP contribution in [0.4, 0.5) is 4.39 Å². The second-order valence-electron chi connectivity index (χ2n) is 6.25. The van der Waals surface area contributed by atoms with Gasteiger partial charge < -0.3 is 4.57 Å². The maximum absolute atomic E-state index is 14.5. The van der Waals surface area contributed by atoms with E-state index in [2.05, 4.69) is 15.6 Å². The molecule has 4 aromatic rings. The molecule has 4 rings (SSSR count). The van der Waals surface area contributed by atoms with Crippen molar-refractivity contribution in [2.45, 2.75) is 13.5 Å². The Morgan fingerprint density at radius 1 is 1.11 bits per heavy atom. The van der Waals surface area contributed by atoms with Gasteiger partial charge in [-0.3, -0.25) is 4.98 Å². The Balaban J connectivity index is 0.00000210. The normalized spacial score (nSPS) is 10.4. The SMILES string of the molecule is Cc1c(-c2cccnc2)n(Cc2cccc(C#N)c2)c2cccc(F)c12.Cl. The number of aryl methyl sites for hydroxylation is 1. The van der Waals surface area contributed by atoms with E-state index >= 15 is 0 Å². The van der Waals surface area contributed by atoms with Crippen LogP contribution in [0.25, 0.3) is 22.2 Å². The number of hydrogen-bond donors (Lipinski definition) is 0. The second-order valence-corrected chi connectivity index (χ2v) is 6.25. The lowest BCUT2D eigenvalue weighted by Crippen LogP contribution is -2.02. The zero-order valence-corrected chi connectivity index (χ0v) is 15.5. The fraction of sp³-hybridized carbons (Fsp3) is 0.0909. The molecule has 0 fully saturated rings. The summed E-state index contributed by atoms with van der Waals surface area (Å²) in [5.41, 5.74) is 5.23. The van der Waals surface area contributed by atoms with E-state index in [0.29, 0.717) is 17.5 Å². The molecule has 2 aromatic heterocycles. The van der Waals surface area contributed by atoms with E-state index < -0.39 is 0 Å². The van der Waals surface area contributed by atoms with Crippen LogP contribution in [0.3, 0.4) is 0 Å². The van der Waals surface area contributed by atoms with E-state index in [1.807, 2.05) is 43.3 Å². The molecule has 134 valence electrons. The summed E-state index contributed by atoms with van der Waals surface area (Å²) in [5, 5.41) is 9.79. The van der Waals surface area contributed by atoms with Gasteiger partial charge in [0.15, 0.2) is 0 Å². The molecule has 0 atom stereocenters. The zero-order valence-electron chi connectivity index (χ0n) is 14.7. The van der Waals surface area contributed by atoms with Crippen molar-refractivity contribution in [2.24, 2.45) is 0 Å². The molecule has 0 bridgehead atoms. The zero-order chi connectivity index (χ0) is 18.1. The van der Waals surface area contributed by atoms with Gasteiger partial charge in [0, 0.05) is 29.9 Å². The van der Waals surface area contributed by atoms with E-state index in [1.165, 1.54) is 6.07 Å². The Labute approximate surface area is 163 Å². The lowest BCUT2D eigenvalue weighted by Gasteiger charge is -2.12. The third kappa shape index (κ3) is 3.30. The molecule has 0 aliphatic carbocycles. The van der Waals surface area contributed by atoms with Crippen molar-refractivity contribution >= 4 is 23.3 Å². The first kappa shape index (κ1) is 18.6. The molecule has 0 N–H and O–H groups in total. The largest absolute Gasteiger partial charge is 0.336 e. The molecule has 2 aromatic carbocycles. The van der Waals surface area contributed by atoms with Crippen LogP contribution < -0.4 is 0 Å². The number of pyridine rings is 1. The van der Waals surface area contributed by atoms with Gasteiger partial charge in [0.05, 0.1) is 22.8 Å². The minimum Gasteiger partial charge on any atom is -0.336 e. The van der Waals surface area contributed by atoms with Gasteiger partial charge >= 0.3 is 0 Å². The maximum atomic E-state index is 14.5. The van der Waals surface area contributed by atoms with Crippen molar-refractivity contribution in [2.75, 3.05) is 0 Å². The average molecular weight is 378 g/mol. The molecule has 0 aliphatic rings. The highest BCUT2D eigenvalue weighted by Gasteiger charge is 2.18. The highest BCUT2D eigenvalue weighted by molar-refractivity contribution is 5.92. The highest BCUT2D eigenvalue weighted by Crippen LogP contribution is 2.35. The Kier molecular flexibility index (Phi) is 5.25. The van der Waals surface area contributed by atoms with Crippen molar-refractivity contribution in [3.05, 3.63) is 89.5 Å². The van der Waals surface area contributed by atoms with Gasteiger partial charge in [-0.15, -0.1) is 12.4 Å². The monoisotopic (exact) mass is 377 g/mol. The number of nitrogens with zero attached hydrogens (tertiary/aromatic N) is 3. The van der Waals surface area contributed by atoms with Gasteiger partial charge in [-0.2, -0.15) is 5.26 Å². The van der Waals surface area contributed by atoms with Crippen LogP contribution in [-0.4, -0.2) is 9.55 Å². The number of halogens is 2. The Bertz CT molecular complexity index is 1140. The number of rotatable bonds is 3. The maximum Gasteiger partial charge on any atom is 0.132 e. The molecule has 2 heterocycles. The molecule has 0 saturated heterocycles. The molecule has 3 nitrogen and oxygen atoms in total. The molecule has 0 aliphatic heterocycles. The first-order chi connectivity index (χ1) is 12.7. The first-order valence-corrected chi connectivity index (χ1v) is 8.36. The molecular weight excluding hydrogens is 361 g/mol. The third-order valence-corrected chi connectivity index (χ3v) is 4.61. The summed E-state index contributed by atoms with van der Waals surface area (Å²) in [6, 6.07) is 18.7. The Hall–Kier alpha value is -3.16. The number of fused-ring (bicyclic) bond motifs is 1. The van der Waals surface area contributed by atoms with E-state index in [4.69, 9.17) is 5.26 Å². The summed E-state index contributed by atoms with van der Waals surface area (Å²) >= 11 is 0.